The molecule has 0 bridgehead atoms. The SMILES string of the molecule is O=C(Nc1ccc(F)cc1)N1CCC(Nc2nccc(-c3c(-c4ccc(F)cc4)nc4occn34)n2)CC1. The molecule has 3 aromatic heterocycles. The molecule has 5 aromatic rings. The Bertz CT molecular complexity index is 1570. The van der Waals surface area contributed by atoms with Gasteiger partial charge in [0, 0.05) is 42.8 Å². The van der Waals surface area contributed by atoms with Crippen molar-refractivity contribution in [2.75, 3.05) is 23.7 Å². The molecule has 0 radical (unpaired) electrons. The molecule has 2 aromatic carbocycles. The summed E-state index contributed by atoms with van der Waals surface area (Å²) in [5, 5.41) is 6.18. The molecule has 6 rings (SSSR count). The lowest BCUT2D eigenvalue weighted by Crippen LogP contribution is -2.44. The van der Waals surface area contributed by atoms with Gasteiger partial charge < -0.3 is 20.0 Å². The zero-order valence-electron chi connectivity index (χ0n) is 20.1. The van der Waals surface area contributed by atoms with E-state index in [0.717, 1.165) is 5.56 Å². The maximum atomic E-state index is 13.5. The van der Waals surface area contributed by atoms with Crippen molar-refractivity contribution in [1.29, 1.82) is 0 Å². The summed E-state index contributed by atoms with van der Waals surface area (Å²) in [5.74, 6) is 0.180. The fourth-order valence-electron chi connectivity index (χ4n) is 4.54. The van der Waals surface area contributed by atoms with Crippen molar-refractivity contribution in [1.82, 2.24) is 24.3 Å². The van der Waals surface area contributed by atoms with Crippen LogP contribution in [-0.4, -0.2) is 49.4 Å². The van der Waals surface area contributed by atoms with Gasteiger partial charge in [0.15, 0.2) is 0 Å². The molecule has 2 amide bonds. The molecule has 2 N–H and O–H groups in total. The number of nitrogens with zero attached hydrogens (tertiary/aromatic N) is 5. The molecule has 0 spiro atoms. The number of halogens is 2. The number of carbonyl (C=O) groups is 1. The minimum absolute atomic E-state index is 0.0797. The van der Waals surface area contributed by atoms with Gasteiger partial charge >= 0.3 is 11.9 Å². The van der Waals surface area contributed by atoms with Crippen LogP contribution in [0.5, 0.6) is 0 Å². The van der Waals surface area contributed by atoms with Crippen molar-refractivity contribution in [2.45, 2.75) is 18.9 Å². The van der Waals surface area contributed by atoms with Gasteiger partial charge in [0.05, 0.1) is 5.69 Å². The van der Waals surface area contributed by atoms with Gasteiger partial charge in [-0.3, -0.25) is 4.40 Å². The highest BCUT2D eigenvalue weighted by Gasteiger charge is 2.24. The number of hydrogen-bond donors (Lipinski definition) is 2. The van der Waals surface area contributed by atoms with Crippen LogP contribution in [0.4, 0.5) is 25.2 Å². The Kier molecular flexibility index (Phi) is 6.16. The van der Waals surface area contributed by atoms with E-state index in [0.29, 0.717) is 60.5 Å². The van der Waals surface area contributed by atoms with E-state index in [4.69, 9.17) is 9.40 Å². The third-order valence-electron chi connectivity index (χ3n) is 6.49. The molecule has 0 aliphatic carbocycles. The van der Waals surface area contributed by atoms with Gasteiger partial charge in [-0.2, -0.15) is 4.98 Å². The fraction of sp³-hybridized carbons (Fsp3) is 0.185. The monoisotopic (exact) mass is 515 g/mol. The number of piperidine rings is 1. The molecule has 11 heteroatoms. The summed E-state index contributed by atoms with van der Waals surface area (Å²) in [6, 6.07) is 13.4. The first-order valence-corrected chi connectivity index (χ1v) is 12.2. The van der Waals surface area contributed by atoms with E-state index in [1.54, 1.807) is 46.2 Å². The van der Waals surface area contributed by atoms with Crippen LogP contribution < -0.4 is 10.6 Å². The number of benzene rings is 2. The van der Waals surface area contributed by atoms with Crippen LogP contribution in [-0.2, 0) is 0 Å². The number of fused-ring (bicyclic) bond motifs is 1. The Labute approximate surface area is 216 Å². The van der Waals surface area contributed by atoms with Crippen molar-refractivity contribution in [3.63, 3.8) is 0 Å². The molecule has 1 aliphatic heterocycles. The highest BCUT2D eigenvalue weighted by Crippen LogP contribution is 2.32. The van der Waals surface area contributed by atoms with E-state index >= 15 is 0 Å². The van der Waals surface area contributed by atoms with Crippen molar-refractivity contribution in [3.8, 4) is 22.6 Å². The first kappa shape index (κ1) is 23.6. The Morgan fingerprint density at radius 1 is 0.947 bits per heavy atom. The number of hydrogen-bond acceptors (Lipinski definition) is 6. The topological polar surface area (TPSA) is 101 Å². The number of aromatic nitrogens is 4. The van der Waals surface area contributed by atoms with Gasteiger partial charge in [0.2, 0.25) is 5.95 Å². The fourth-order valence-corrected chi connectivity index (χ4v) is 4.54. The lowest BCUT2D eigenvalue weighted by atomic mass is 10.1. The first-order valence-electron chi connectivity index (χ1n) is 12.2. The highest BCUT2D eigenvalue weighted by atomic mass is 19.1. The number of amides is 2. The third kappa shape index (κ3) is 4.77. The predicted molar refractivity (Wildman–Crippen MR) is 138 cm³/mol. The number of carbonyl (C=O) groups excluding carboxylic acids is 1. The Morgan fingerprint density at radius 2 is 1.66 bits per heavy atom. The van der Waals surface area contributed by atoms with E-state index in [9.17, 15) is 13.6 Å². The maximum absolute atomic E-state index is 13.5. The summed E-state index contributed by atoms with van der Waals surface area (Å²) in [5.41, 5.74) is 3.24. The Morgan fingerprint density at radius 3 is 2.39 bits per heavy atom. The molecule has 0 atom stereocenters. The number of rotatable bonds is 5. The number of imidazole rings is 1. The largest absolute Gasteiger partial charge is 0.432 e. The van der Waals surface area contributed by atoms with Gasteiger partial charge in [0.25, 0.3) is 0 Å². The van der Waals surface area contributed by atoms with Crippen LogP contribution in [0.1, 0.15) is 12.8 Å². The molecular weight excluding hydrogens is 492 g/mol. The smallest absolute Gasteiger partial charge is 0.321 e. The van der Waals surface area contributed by atoms with Crippen LogP contribution in [0.2, 0.25) is 0 Å². The number of oxazole rings is 1. The average Bonchev–Trinajstić information content (AvgIpc) is 3.53. The molecule has 1 aliphatic rings. The predicted octanol–water partition coefficient (Wildman–Crippen LogP) is 5.44. The molecule has 0 saturated carbocycles. The maximum Gasteiger partial charge on any atom is 0.321 e. The summed E-state index contributed by atoms with van der Waals surface area (Å²) < 4.78 is 33.9. The molecule has 9 nitrogen and oxygen atoms in total. The molecule has 1 saturated heterocycles. The number of anilines is 2. The lowest BCUT2D eigenvalue weighted by Gasteiger charge is -2.32. The van der Waals surface area contributed by atoms with E-state index < -0.39 is 0 Å². The molecule has 1 fully saturated rings. The first-order chi connectivity index (χ1) is 18.5. The second kappa shape index (κ2) is 9.92. The average molecular weight is 516 g/mol. The molecule has 192 valence electrons. The standard InChI is InChI=1S/C27H23F2N7O2/c28-18-3-1-17(2-4-18)23-24(36-15-16-38-27(36)34-23)22-9-12-30-25(33-22)31-21-10-13-35(14-11-21)26(37)32-20-7-5-19(29)6-8-20/h1-9,12,15-16,21H,10-11,13-14H2,(H,32,37)(H,30,31,33). The normalized spacial score (nSPS) is 14.1. The van der Waals surface area contributed by atoms with Gasteiger partial charge in [-0.15, -0.1) is 0 Å². The number of nitrogens with one attached hydrogen (secondary N) is 2. The molecule has 4 heterocycles. The van der Waals surface area contributed by atoms with Crippen LogP contribution in [0, 0.1) is 11.6 Å². The zero-order valence-corrected chi connectivity index (χ0v) is 20.1. The van der Waals surface area contributed by atoms with Crippen LogP contribution in [0.3, 0.4) is 0 Å². The second-order valence-corrected chi connectivity index (χ2v) is 8.98. The summed E-state index contributed by atoms with van der Waals surface area (Å²) in [4.78, 5) is 28.0. The summed E-state index contributed by atoms with van der Waals surface area (Å²) in [7, 11) is 0. The lowest BCUT2D eigenvalue weighted by molar-refractivity contribution is 0.197. The highest BCUT2D eigenvalue weighted by molar-refractivity contribution is 5.89. The van der Waals surface area contributed by atoms with E-state index in [1.807, 2.05) is 0 Å². The Balaban J connectivity index is 1.16. The van der Waals surface area contributed by atoms with Crippen molar-refractivity contribution in [3.05, 3.63) is 84.9 Å². The Hall–Kier alpha value is -4.80. The molecular formula is C27H23F2N7O2. The quantitative estimate of drug-likeness (QED) is 0.323. The van der Waals surface area contributed by atoms with Gasteiger partial charge in [-0.25, -0.2) is 23.5 Å². The van der Waals surface area contributed by atoms with Crippen molar-refractivity contribution >= 4 is 23.5 Å². The van der Waals surface area contributed by atoms with Gasteiger partial charge in [0.1, 0.15) is 29.3 Å². The minimum Gasteiger partial charge on any atom is -0.432 e. The number of likely N-dealkylation sites (tertiary alicyclic amines) is 1. The summed E-state index contributed by atoms with van der Waals surface area (Å²) in [6.45, 7) is 1.11. The van der Waals surface area contributed by atoms with Crippen molar-refractivity contribution in [2.24, 2.45) is 0 Å². The number of urea groups is 1. The molecule has 0 unspecified atom stereocenters. The minimum atomic E-state index is -0.352. The second-order valence-electron chi connectivity index (χ2n) is 8.98. The third-order valence-corrected chi connectivity index (χ3v) is 6.49. The van der Waals surface area contributed by atoms with Crippen LogP contribution in [0.25, 0.3) is 28.5 Å². The summed E-state index contributed by atoms with van der Waals surface area (Å²) >= 11 is 0. The van der Waals surface area contributed by atoms with E-state index in [2.05, 4.69) is 20.6 Å². The molecule has 38 heavy (non-hydrogen) atoms. The van der Waals surface area contributed by atoms with E-state index in [1.165, 1.54) is 36.4 Å². The van der Waals surface area contributed by atoms with Crippen LogP contribution >= 0.6 is 0 Å². The van der Waals surface area contributed by atoms with E-state index in [-0.39, 0.29) is 23.7 Å². The van der Waals surface area contributed by atoms with Gasteiger partial charge in [-0.05, 0) is 67.4 Å². The summed E-state index contributed by atoms with van der Waals surface area (Å²) in [6.07, 6.45) is 6.39. The van der Waals surface area contributed by atoms with Crippen LogP contribution in [0.15, 0.2) is 77.7 Å². The zero-order chi connectivity index (χ0) is 26.1. The van der Waals surface area contributed by atoms with Gasteiger partial charge in [-0.1, -0.05) is 0 Å². The van der Waals surface area contributed by atoms with Crippen molar-refractivity contribution < 1.29 is 18.0 Å².